The van der Waals surface area contributed by atoms with Crippen LogP contribution in [-0.2, 0) is 15.0 Å². The molecule has 1 saturated carbocycles. The number of carboxylic acids is 1. The molecule has 0 atom stereocenters. The zero-order valence-electron chi connectivity index (χ0n) is 8.24. The quantitative estimate of drug-likeness (QED) is 0.869. The lowest BCUT2D eigenvalue weighted by molar-refractivity contribution is -0.153. The van der Waals surface area contributed by atoms with Crippen LogP contribution in [0.1, 0.15) is 18.4 Å². The Kier molecular flexibility index (Phi) is 2.50. The number of halogens is 1. The predicted octanol–water partition coefficient (Wildman–Crippen LogP) is 1.84. The number of aliphatic carboxylic acids is 1. The van der Waals surface area contributed by atoms with Crippen LogP contribution in [0.15, 0.2) is 22.7 Å². The molecule has 0 spiro atoms. The van der Waals surface area contributed by atoms with Gasteiger partial charge < -0.3 is 10.2 Å². The SMILES string of the molecule is O=C1CC(C(=O)O)(c2c(O)cccc2Br)C1. The Balaban J connectivity index is 2.57. The van der Waals surface area contributed by atoms with Gasteiger partial charge in [-0.2, -0.15) is 0 Å². The van der Waals surface area contributed by atoms with E-state index in [9.17, 15) is 19.8 Å². The van der Waals surface area contributed by atoms with Gasteiger partial charge in [0.25, 0.3) is 0 Å². The van der Waals surface area contributed by atoms with E-state index in [0.717, 1.165) is 0 Å². The lowest BCUT2D eigenvalue weighted by Gasteiger charge is -2.37. The van der Waals surface area contributed by atoms with E-state index in [1.807, 2.05) is 0 Å². The van der Waals surface area contributed by atoms with Crippen LogP contribution in [0.5, 0.6) is 5.75 Å². The number of Topliss-reactive ketones (excluding diaryl/α,β-unsaturated/α-hetero) is 1. The summed E-state index contributed by atoms with van der Waals surface area (Å²) in [6, 6.07) is 4.69. The van der Waals surface area contributed by atoms with Gasteiger partial charge >= 0.3 is 5.97 Å². The molecule has 84 valence electrons. The molecule has 0 heterocycles. The first-order chi connectivity index (χ1) is 7.47. The van der Waals surface area contributed by atoms with Gasteiger partial charge in [0.05, 0.1) is 0 Å². The van der Waals surface area contributed by atoms with Crippen molar-refractivity contribution in [3.05, 3.63) is 28.2 Å². The largest absolute Gasteiger partial charge is 0.508 e. The van der Waals surface area contributed by atoms with Crippen molar-refractivity contribution in [2.75, 3.05) is 0 Å². The zero-order valence-corrected chi connectivity index (χ0v) is 9.82. The first kappa shape index (κ1) is 11.1. The lowest BCUT2D eigenvalue weighted by Crippen LogP contribution is -2.48. The second-order valence-electron chi connectivity index (χ2n) is 3.91. The van der Waals surface area contributed by atoms with Crippen molar-refractivity contribution in [3.63, 3.8) is 0 Å². The molecule has 0 saturated heterocycles. The Labute approximate surface area is 100 Å². The molecule has 1 fully saturated rings. The summed E-state index contributed by atoms with van der Waals surface area (Å²) in [5.74, 6) is -1.27. The highest BCUT2D eigenvalue weighted by molar-refractivity contribution is 9.10. The van der Waals surface area contributed by atoms with Gasteiger partial charge in [0, 0.05) is 22.9 Å². The lowest BCUT2D eigenvalue weighted by atomic mass is 9.63. The van der Waals surface area contributed by atoms with Gasteiger partial charge in [-0.05, 0) is 12.1 Å². The highest BCUT2D eigenvalue weighted by atomic mass is 79.9. The second-order valence-corrected chi connectivity index (χ2v) is 4.77. The number of benzene rings is 1. The molecule has 0 radical (unpaired) electrons. The van der Waals surface area contributed by atoms with Crippen LogP contribution in [0, 0.1) is 0 Å². The summed E-state index contributed by atoms with van der Waals surface area (Å²) in [5.41, 5.74) is -0.969. The van der Waals surface area contributed by atoms with E-state index in [1.54, 1.807) is 12.1 Å². The minimum Gasteiger partial charge on any atom is -0.508 e. The number of rotatable bonds is 2. The number of carbonyl (C=O) groups is 2. The molecular formula is C11H9BrO4. The minimum absolute atomic E-state index is 0.0570. The van der Waals surface area contributed by atoms with Gasteiger partial charge in [-0.15, -0.1) is 0 Å². The smallest absolute Gasteiger partial charge is 0.315 e. The van der Waals surface area contributed by atoms with E-state index in [4.69, 9.17) is 0 Å². The number of aromatic hydroxyl groups is 1. The molecular weight excluding hydrogens is 276 g/mol. The summed E-state index contributed by atoms with van der Waals surface area (Å²) in [7, 11) is 0. The summed E-state index contributed by atoms with van der Waals surface area (Å²) < 4.78 is 0.516. The van der Waals surface area contributed by atoms with Crippen molar-refractivity contribution >= 4 is 27.7 Å². The fourth-order valence-electron chi connectivity index (χ4n) is 2.04. The summed E-state index contributed by atoms with van der Waals surface area (Å²) in [5, 5.41) is 18.9. The number of hydrogen-bond acceptors (Lipinski definition) is 3. The highest BCUT2D eigenvalue weighted by Crippen LogP contribution is 2.48. The fraction of sp³-hybridized carbons (Fsp3) is 0.273. The molecule has 4 nitrogen and oxygen atoms in total. The molecule has 2 N–H and O–H groups in total. The molecule has 1 aromatic carbocycles. The van der Waals surface area contributed by atoms with Crippen molar-refractivity contribution in [3.8, 4) is 5.75 Å². The first-order valence-electron chi connectivity index (χ1n) is 4.70. The number of carbonyl (C=O) groups excluding carboxylic acids is 1. The van der Waals surface area contributed by atoms with Gasteiger partial charge in [0.1, 0.15) is 16.9 Å². The molecule has 1 aliphatic rings. The van der Waals surface area contributed by atoms with Gasteiger partial charge in [0.2, 0.25) is 0 Å². The average molecular weight is 285 g/mol. The van der Waals surface area contributed by atoms with E-state index in [-0.39, 0.29) is 24.4 Å². The molecule has 0 amide bonds. The Hall–Kier alpha value is -1.36. The van der Waals surface area contributed by atoms with Crippen molar-refractivity contribution < 1.29 is 19.8 Å². The third-order valence-electron chi connectivity index (χ3n) is 2.88. The number of hydrogen-bond donors (Lipinski definition) is 2. The van der Waals surface area contributed by atoms with Crippen LogP contribution in [0.2, 0.25) is 0 Å². The van der Waals surface area contributed by atoms with E-state index >= 15 is 0 Å². The monoisotopic (exact) mass is 284 g/mol. The molecule has 1 aromatic rings. The van der Waals surface area contributed by atoms with Gasteiger partial charge in [-0.1, -0.05) is 22.0 Å². The maximum Gasteiger partial charge on any atom is 0.315 e. The topological polar surface area (TPSA) is 74.6 Å². The highest BCUT2D eigenvalue weighted by Gasteiger charge is 2.53. The van der Waals surface area contributed by atoms with E-state index in [2.05, 4.69) is 15.9 Å². The van der Waals surface area contributed by atoms with E-state index < -0.39 is 11.4 Å². The summed E-state index contributed by atoms with van der Waals surface area (Å²) in [4.78, 5) is 22.3. The molecule has 2 rings (SSSR count). The maximum atomic E-state index is 11.3. The van der Waals surface area contributed by atoms with Crippen molar-refractivity contribution in [1.29, 1.82) is 0 Å². The molecule has 0 unspecified atom stereocenters. The maximum absolute atomic E-state index is 11.3. The third kappa shape index (κ3) is 1.43. The first-order valence-corrected chi connectivity index (χ1v) is 5.50. The van der Waals surface area contributed by atoms with Crippen LogP contribution in [0.4, 0.5) is 0 Å². The van der Waals surface area contributed by atoms with Gasteiger partial charge in [-0.3, -0.25) is 9.59 Å². The van der Waals surface area contributed by atoms with Crippen molar-refractivity contribution in [1.82, 2.24) is 0 Å². The van der Waals surface area contributed by atoms with Crippen LogP contribution >= 0.6 is 15.9 Å². The van der Waals surface area contributed by atoms with Crippen LogP contribution in [0.3, 0.4) is 0 Å². The normalized spacial score (nSPS) is 17.9. The number of phenolic OH excluding ortho intramolecular Hbond substituents is 1. The zero-order chi connectivity index (χ0) is 11.9. The Morgan fingerprint density at radius 1 is 1.38 bits per heavy atom. The average Bonchev–Trinajstić information content (AvgIpc) is 2.13. The van der Waals surface area contributed by atoms with E-state index in [1.165, 1.54) is 6.07 Å². The van der Waals surface area contributed by atoms with Crippen molar-refractivity contribution in [2.24, 2.45) is 0 Å². The Bertz CT molecular complexity index is 453. The molecule has 0 aliphatic heterocycles. The fourth-order valence-corrected chi connectivity index (χ4v) is 2.78. The van der Waals surface area contributed by atoms with Crippen LogP contribution in [0.25, 0.3) is 0 Å². The number of ketones is 1. The van der Waals surface area contributed by atoms with Gasteiger partial charge in [0.15, 0.2) is 0 Å². The van der Waals surface area contributed by atoms with Crippen molar-refractivity contribution in [2.45, 2.75) is 18.3 Å². The molecule has 1 aliphatic carbocycles. The predicted molar refractivity (Wildman–Crippen MR) is 59.4 cm³/mol. The molecule has 0 bridgehead atoms. The number of phenols is 1. The summed E-state index contributed by atoms with van der Waals surface area (Å²) in [6.07, 6.45) is -0.114. The standard InChI is InChI=1S/C11H9BrO4/c12-7-2-1-3-8(14)9(7)11(10(15)16)4-6(13)5-11/h1-3,14H,4-5H2,(H,15,16). The van der Waals surface area contributed by atoms with E-state index in [0.29, 0.717) is 10.0 Å². The number of carboxylic acid groups (broad SMARTS) is 1. The summed E-state index contributed by atoms with van der Waals surface area (Å²) in [6.45, 7) is 0. The van der Waals surface area contributed by atoms with Crippen LogP contribution in [-0.4, -0.2) is 22.0 Å². The van der Waals surface area contributed by atoms with Gasteiger partial charge in [-0.25, -0.2) is 0 Å². The second kappa shape index (κ2) is 3.59. The Morgan fingerprint density at radius 2 is 2.00 bits per heavy atom. The molecule has 16 heavy (non-hydrogen) atoms. The molecule has 0 aromatic heterocycles. The molecule has 5 heteroatoms. The summed E-state index contributed by atoms with van der Waals surface area (Å²) >= 11 is 3.21. The Morgan fingerprint density at radius 3 is 2.44 bits per heavy atom. The minimum atomic E-state index is -1.26. The van der Waals surface area contributed by atoms with Crippen LogP contribution < -0.4 is 0 Å². The third-order valence-corrected chi connectivity index (χ3v) is 3.54.